The lowest BCUT2D eigenvalue weighted by atomic mass is 9.69. The summed E-state index contributed by atoms with van der Waals surface area (Å²) in [5.41, 5.74) is 16.7. The summed E-state index contributed by atoms with van der Waals surface area (Å²) in [6.07, 6.45) is 0. The molecule has 2 aliphatic rings. The molecule has 1 nitrogen and oxygen atoms in total. The molecule has 0 bridgehead atoms. The van der Waals surface area contributed by atoms with Gasteiger partial charge in [0.1, 0.15) is 11.2 Å². The molecule has 2 aliphatic carbocycles. The molecule has 0 unspecified atom stereocenters. The Morgan fingerprint density at radius 2 is 0.893 bits per heavy atom. The first-order valence-electron chi connectivity index (χ1n) is 19.5. The van der Waals surface area contributed by atoms with Crippen molar-refractivity contribution in [3.63, 3.8) is 0 Å². The molecule has 0 N–H and O–H groups in total. The molecular weight excluding hydrogens is 677 g/mol. The Morgan fingerprint density at radius 1 is 0.304 bits per heavy atom. The smallest absolute Gasteiger partial charge is 0.136 e. The molecule has 56 heavy (non-hydrogen) atoms. The highest BCUT2D eigenvalue weighted by Gasteiger charge is 2.52. The van der Waals surface area contributed by atoms with E-state index in [1.807, 2.05) is 0 Å². The molecule has 0 radical (unpaired) electrons. The summed E-state index contributed by atoms with van der Waals surface area (Å²) in [7, 11) is 0. The zero-order valence-corrected chi connectivity index (χ0v) is 30.4. The van der Waals surface area contributed by atoms with Gasteiger partial charge >= 0.3 is 0 Å². The van der Waals surface area contributed by atoms with Gasteiger partial charge in [-0.25, -0.2) is 0 Å². The maximum Gasteiger partial charge on any atom is 0.136 e. The van der Waals surface area contributed by atoms with E-state index in [1.165, 1.54) is 99.1 Å². The van der Waals surface area contributed by atoms with Crippen LogP contribution in [0.15, 0.2) is 199 Å². The molecule has 13 rings (SSSR count). The second-order valence-corrected chi connectivity index (χ2v) is 15.6. The predicted octanol–water partition coefficient (Wildman–Crippen LogP) is 14.7. The first-order chi connectivity index (χ1) is 27.7. The van der Waals surface area contributed by atoms with Crippen molar-refractivity contribution in [3.05, 3.63) is 216 Å². The highest BCUT2D eigenvalue weighted by molar-refractivity contribution is 6.16. The van der Waals surface area contributed by atoms with Crippen molar-refractivity contribution < 1.29 is 4.42 Å². The second kappa shape index (κ2) is 10.9. The first-order valence-corrected chi connectivity index (χ1v) is 19.5. The normalized spacial score (nSPS) is 13.5. The molecule has 10 aromatic carbocycles. The van der Waals surface area contributed by atoms with Gasteiger partial charge in [0.15, 0.2) is 0 Å². The number of hydrogen-bond donors (Lipinski definition) is 0. The van der Waals surface area contributed by atoms with Crippen LogP contribution in [0, 0.1) is 0 Å². The average molecular weight is 709 g/mol. The van der Waals surface area contributed by atoms with Gasteiger partial charge in [-0.3, -0.25) is 0 Å². The molecule has 0 fully saturated rings. The molecule has 0 saturated carbocycles. The van der Waals surface area contributed by atoms with E-state index in [0.29, 0.717) is 0 Å². The van der Waals surface area contributed by atoms with Crippen LogP contribution in [-0.4, -0.2) is 0 Å². The van der Waals surface area contributed by atoms with E-state index in [2.05, 4.69) is 194 Å². The molecule has 0 aliphatic heterocycles. The van der Waals surface area contributed by atoms with E-state index in [-0.39, 0.29) is 0 Å². The molecule has 1 heteroatoms. The molecule has 11 aromatic rings. The van der Waals surface area contributed by atoms with Crippen LogP contribution in [0.2, 0.25) is 0 Å². The SMILES string of the molecule is c1ccc2c(c1)-c1ccccc1C21c2cc3ccccc3cc2-c2c(-c3ccc4ccccc4c3)cc(-c3cccc4oc5cc6ccccc6cc5c34)cc21. The van der Waals surface area contributed by atoms with Crippen LogP contribution < -0.4 is 0 Å². The Kier molecular flexibility index (Phi) is 5.89. The minimum Gasteiger partial charge on any atom is -0.456 e. The van der Waals surface area contributed by atoms with E-state index in [4.69, 9.17) is 4.42 Å². The van der Waals surface area contributed by atoms with Gasteiger partial charge in [-0.1, -0.05) is 146 Å². The Hall–Kier alpha value is -7.22. The summed E-state index contributed by atoms with van der Waals surface area (Å²) < 4.78 is 6.66. The summed E-state index contributed by atoms with van der Waals surface area (Å²) in [6.45, 7) is 0. The zero-order chi connectivity index (χ0) is 36.5. The lowest BCUT2D eigenvalue weighted by molar-refractivity contribution is 0.669. The van der Waals surface area contributed by atoms with E-state index in [0.717, 1.165) is 21.9 Å². The number of hydrogen-bond acceptors (Lipinski definition) is 1. The standard InChI is InChI=1S/C55H32O/c1-2-13-34-26-39(25-24-33(34)12-1)44-29-40(41-20-11-23-51-54(41)46-28-36-15-4-6-17-38(36)32-52(46)56-51)31-50-53(44)45-27-35-14-3-5-16-37(35)30-49(45)55(50)47-21-9-7-18-42(47)43-19-8-10-22-48(43)55/h1-32H. The number of furan rings is 1. The largest absolute Gasteiger partial charge is 0.456 e. The molecule has 1 aromatic heterocycles. The van der Waals surface area contributed by atoms with Crippen molar-refractivity contribution in [1.29, 1.82) is 0 Å². The first kappa shape index (κ1) is 30.1. The second-order valence-electron chi connectivity index (χ2n) is 15.6. The van der Waals surface area contributed by atoms with Gasteiger partial charge < -0.3 is 4.42 Å². The molecule has 1 heterocycles. The van der Waals surface area contributed by atoms with Gasteiger partial charge in [0.05, 0.1) is 5.41 Å². The fraction of sp³-hybridized carbons (Fsp3) is 0.0182. The highest BCUT2D eigenvalue weighted by Crippen LogP contribution is 2.65. The third-order valence-electron chi connectivity index (χ3n) is 12.8. The third kappa shape index (κ3) is 3.89. The Labute approximate surface area is 323 Å². The predicted molar refractivity (Wildman–Crippen MR) is 233 cm³/mol. The molecule has 0 amide bonds. The number of rotatable bonds is 2. The van der Waals surface area contributed by atoms with Crippen molar-refractivity contribution >= 4 is 54.3 Å². The highest BCUT2D eigenvalue weighted by atomic mass is 16.3. The fourth-order valence-corrected chi connectivity index (χ4v) is 10.4. The summed E-state index contributed by atoms with van der Waals surface area (Å²) in [6, 6.07) is 72.3. The number of benzene rings is 10. The molecule has 0 saturated heterocycles. The van der Waals surface area contributed by atoms with Gasteiger partial charge in [0, 0.05) is 10.8 Å². The van der Waals surface area contributed by atoms with Crippen molar-refractivity contribution in [1.82, 2.24) is 0 Å². The Bertz CT molecular complexity index is 3440. The van der Waals surface area contributed by atoms with Crippen molar-refractivity contribution in [3.8, 4) is 44.5 Å². The zero-order valence-electron chi connectivity index (χ0n) is 30.4. The van der Waals surface area contributed by atoms with Crippen molar-refractivity contribution in [2.24, 2.45) is 0 Å². The van der Waals surface area contributed by atoms with Gasteiger partial charge in [-0.15, -0.1) is 0 Å². The minimum absolute atomic E-state index is 0.508. The lowest BCUT2D eigenvalue weighted by Crippen LogP contribution is -2.26. The van der Waals surface area contributed by atoms with Crippen LogP contribution in [0.5, 0.6) is 0 Å². The van der Waals surface area contributed by atoms with Crippen LogP contribution in [0.3, 0.4) is 0 Å². The van der Waals surface area contributed by atoms with Crippen molar-refractivity contribution in [2.45, 2.75) is 5.41 Å². The van der Waals surface area contributed by atoms with Gasteiger partial charge in [0.2, 0.25) is 0 Å². The quantitative estimate of drug-likeness (QED) is 0.174. The average Bonchev–Trinajstić information content (AvgIpc) is 3.87. The van der Waals surface area contributed by atoms with Gasteiger partial charge in [-0.05, 0) is 148 Å². The van der Waals surface area contributed by atoms with E-state index < -0.39 is 5.41 Å². The van der Waals surface area contributed by atoms with E-state index >= 15 is 0 Å². The van der Waals surface area contributed by atoms with Crippen LogP contribution in [0.1, 0.15) is 22.3 Å². The summed E-state index contributed by atoms with van der Waals surface area (Å²) in [5.74, 6) is 0. The Morgan fingerprint density at radius 3 is 1.62 bits per heavy atom. The number of fused-ring (bicyclic) bond motifs is 16. The fourth-order valence-electron chi connectivity index (χ4n) is 10.4. The van der Waals surface area contributed by atoms with Crippen LogP contribution in [0.25, 0.3) is 98.8 Å². The van der Waals surface area contributed by atoms with Gasteiger partial charge in [0.25, 0.3) is 0 Å². The maximum atomic E-state index is 6.66. The van der Waals surface area contributed by atoms with E-state index in [1.54, 1.807) is 0 Å². The summed E-state index contributed by atoms with van der Waals surface area (Å²) >= 11 is 0. The topological polar surface area (TPSA) is 13.1 Å². The third-order valence-corrected chi connectivity index (χ3v) is 12.8. The maximum absolute atomic E-state index is 6.66. The van der Waals surface area contributed by atoms with Crippen LogP contribution >= 0.6 is 0 Å². The monoisotopic (exact) mass is 708 g/mol. The van der Waals surface area contributed by atoms with E-state index in [9.17, 15) is 0 Å². The summed E-state index contributed by atoms with van der Waals surface area (Å²) in [5, 5.41) is 9.68. The minimum atomic E-state index is -0.508. The molecular formula is C55H32O. The molecule has 0 atom stereocenters. The van der Waals surface area contributed by atoms with Gasteiger partial charge in [-0.2, -0.15) is 0 Å². The van der Waals surface area contributed by atoms with Crippen LogP contribution in [0.4, 0.5) is 0 Å². The van der Waals surface area contributed by atoms with Crippen LogP contribution in [-0.2, 0) is 5.41 Å². The molecule has 258 valence electrons. The van der Waals surface area contributed by atoms with Crippen molar-refractivity contribution in [2.75, 3.05) is 0 Å². The lowest BCUT2D eigenvalue weighted by Gasteiger charge is -2.31. The Balaban J connectivity index is 1.21. The summed E-state index contributed by atoms with van der Waals surface area (Å²) in [4.78, 5) is 0. The molecule has 1 spiro atoms.